The second kappa shape index (κ2) is 4.76. The van der Waals surface area contributed by atoms with Gasteiger partial charge >= 0.3 is 5.97 Å². The number of benzene rings is 1. The third-order valence-corrected chi connectivity index (χ3v) is 3.29. The first-order chi connectivity index (χ1) is 9.24. The quantitative estimate of drug-likeness (QED) is 0.881. The molecule has 3 nitrogen and oxygen atoms in total. The SMILES string of the molecule is O=C(O)C1C=Cc2cc(C3=CCCC=C3)ccc2O1. The molecule has 0 fully saturated rings. The topological polar surface area (TPSA) is 46.5 Å². The van der Waals surface area contributed by atoms with Gasteiger partial charge in [-0.15, -0.1) is 0 Å². The average molecular weight is 254 g/mol. The Kier molecular flexibility index (Phi) is 2.95. The molecule has 0 saturated carbocycles. The molecule has 19 heavy (non-hydrogen) atoms. The van der Waals surface area contributed by atoms with Crippen LogP contribution in [0.3, 0.4) is 0 Å². The molecule has 3 heteroatoms. The Balaban J connectivity index is 1.92. The molecule has 0 radical (unpaired) electrons. The molecular weight excluding hydrogens is 240 g/mol. The zero-order valence-electron chi connectivity index (χ0n) is 10.4. The number of aliphatic carboxylic acids is 1. The smallest absolute Gasteiger partial charge is 0.349 e. The molecule has 3 rings (SSSR count). The zero-order chi connectivity index (χ0) is 13.2. The molecule has 1 aliphatic carbocycles. The van der Waals surface area contributed by atoms with Crippen molar-refractivity contribution in [1.29, 1.82) is 0 Å². The van der Waals surface area contributed by atoms with E-state index in [0.717, 1.165) is 24.0 Å². The molecule has 0 aromatic heterocycles. The highest BCUT2D eigenvalue weighted by molar-refractivity contribution is 5.81. The van der Waals surface area contributed by atoms with Crippen molar-refractivity contribution in [1.82, 2.24) is 0 Å². The lowest BCUT2D eigenvalue weighted by Gasteiger charge is -2.19. The molecule has 0 bridgehead atoms. The molecule has 0 amide bonds. The summed E-state index contributed by atoms with van der Waals surface area (Å²) >= 11 is 0. The fourth-order valence-electron chi connectivity index (χ4n) is 2.29. The predicted octanol–water partition coefficient (Wildman–Crippen LogP) is 3.28. The van der Waals surface area contributed by atoms with Crippen LogP contribution in [0.15, 0.2) is 42.5 Å². The van der Waals surface area contributed by atoms with Gasteiger partial charge in [0.15, 0.2) is 0 Å². The van der Waals surface area contributed by atoms with Gasteiger partial charge in [-0.1, -0.05) is 30.4 Å². The Morgan fingerprint density at radius 2 is 2.16 bits per heavy atom. The molecule has 1 unspecified atom stereocenters. The number of ether oxygens (including phenoxy) is 1. The molecule has 1 heterocycles. The number of carbonyl (C=O) groups is 1. The van der Waals surface area contributed by atoms with Crippen LogP contribution in [0.5, 0.6) is 5.75 Å². The first-order valence-electron chi connectivity index (χ1n) is 6.33. The van der Waals surface area contributed by atoms with E-state index in [4.69, 9.17) is 9.84 Å². The van der Waals surface area contributed by atoms with Crippen LogP contribution in [0.4, 0.5) is 0 Å². The number of carboxylic acid groups (broad SMARTS) is 1. The van der Waals surface area contributed by atoms with Crippen molar-refractivity contribution in [3.05, 3.63) is 53.6 Å². The van der Waals surface area contributed by atoms with E-state index < -0.39 is 12.1 Å². The van der Waals surface area contributed by atoms with Crippen molar-refractivity contribution in [2.45, 2.75) is 18.9 Å². The average Bonchev–Trinajstić information content (AvgIpc) is 2.47. The van der Waals surface area contributed by atoms with Crippen molar-refractivity contribution in [3.63, 3.8) is 0 Å². The number of allylic oxidation sites excluding steroid dienone is 4. The van der Waals surface area contributed by atoms with Gasteiger partial charge in [0.05, 0.1) is 0 Å². The van der Waals surface area contributed by atoms with Gasteiger partial charge in [-0.2, -0.15) is 0 Å². The van der Waals surface area contributed by atoms with E-state index in [0.29, 0.717) is 5.75 Å². The van der Waals surface area contributed by atoms with Crippen LogP contribution in [0.2, 0.25) is 0 Å². The Bertz CT molecular complexity index is 608. The van der Waals surface area contributed by atoms with Gasteiger partial charge in [0.2, 0.25) is 6.10 Å². The van der Waals surface area contributed by atoms with E-state index in [-0.39, 0.29) is 0 Å². The predicted molar refractivity (Wildman–Crippen MR) is 73.9 cm³/mol. The summed E-state index contributed by atoms with van der Waals surface area (Å²) in [5.74, 6) is -0.345. The van der Waals surface area contributed by atoms with Crippen LogP contribution < -0.4 is 4.74 Å². The molecule has 1 atom stereocenters. The standard InChI is InChI=1S/C16H14O3/c17-16(18)15-9-7-13-10-12(6-8-14(13)19-15)11-4-2-1-3-5-11/h2,4-10,15H,1,3H2,(H,17,18). The first-order valence-corrected chi connectivity index (χ1v) is 6.33. The second-order valence-corrected chi connectivity index (χ2v) is 4.63. The maximum Gasteiger partial charge on any atom is 0.349 e. The highest BCUT2D eigenvalue weighted by Gasteiger charge is 2.21. The summed E-state index contributed by atoms with van der Waals surface area (Å²) in [6.07, 6.45) is 11.2. The normalized spacial score (nSPS) is 20.4. The molecule has 1 N–H and O–H groups in total. The minimum Gasteiger partial charge on any atom is -0.478 e. The van der Waals surface area contributed by atoms with Crippen LogP contribution in [0.25, 0.3) is 11.6 Å². The van der Waals surface area contributed by atoms with Crippen LogP contribution in [-0.4, -0.2) is 17.2 Å². The lowest BCUT2D eigenvalue weighted by Crippen LogP contribution is -2.26. The minimum atomic E-state index is -0.969. The number of fused-ring (bicyclic) bond motifs is 1. The monoisotopic (exact) mass is 254 g/mol. The van der Waals surface area contributed by atoms with E-state index in [1.165, 1.54) is 5.57 Å². The van der Waals surface area contributed by atoms with Crippen LogP contribution in [-0.2, 0) is 4.79 Å². The van der Waals surface area contributed by atoms with Crippen molar-refractivity contribution < 1.29 is 14.6 Å². The third-order valence-electron chi connectivity index (χ3n) is 3.29. The van der Waals surface area contributed by atoms with Gasteiger partial charge in [0.25, 0.3) is 0 Å². The van der Waals surface area contributed by atoms with Gasteiger partial charge in [-0.25, -0.2) is 4.79 Å². The maximum atomic E-state index is 10.9. The van der Waals surface area contributed by atoms with E-state index in [1.54, 1.807) is 6.08 Å². The number of hydrogen-bond donors (Lipinski definition) is 1. The van der Waals surface area contributed by atoms with Gasteiger partial charge in [-0.05, 0) is 42.2 Å². The summed E-state index contributed by atoms with van der Waals surface area (Å²) in [7, 11) is 0. The van der Waals surface area contributed by atoms with Gasteiger partial charge in [0.1, 0.15) is 5.75 Å². The van der Waals surface area contributed by atoms with E-state index in [1.807, 2.05) is 24.3 Å². The maximum absolute atomic E-state index is 10.9. The molecular formula is C16H14O3. The summed E-state index contributed by atoms with van der Waals surface area (Å²) in [4.78, 5) is 10.9. The Labute approximate surface area is 111 Å². The Morgan fingerprint density at radius 3 is 2.89 bits per heavy atom. The van der Waals surface area contributed by atoms with Gasteiger partial charge < -0.3 is 9.84 Å². The van der Waals surface area contributed by atoms with E-state index in [9.17, 15) is 4.79 Å². The van der Waals surface area contributed by atoms with Crippen molar-refractivity contribution >= 4 is 17.6 Å². The lowest BCUT2D eigenvalue weighted by molar-refractivity contribution is -0.142. The zero-order valence-corrected chi connectivity index (χ0v) is 10.4. The lowest BCUT2D eigenvalue weighted by atomic mass is 9.97. The molecule has 0 saturated heterocycles. The Hall–Kier alpha value is -2.29. The van der Waals surface area contributed by atoms with E-state index >= 15 is 0 Å². The first kappa shape index (κ1) is 11.8. The molecule has 1 aliphatic heterocycles. The molecule has 96 valence electrons. The molecule has 2 aliphatic rings. The van der Waals surface area contributed by atoms with Gasteiger partial charge in [-0.3, -0.25) is 0 Å². The summed E-state index contributed by atoms with van der Waals surface area (Å²) in [6.45, 7) is 0. The Morgan fingerprint density at radius 1 is 1.26 bits per heavy atom. The van der Waals surface area contributed by atoms with Crippen LogP contribution >= 0.6 is 0 Å². The van der Waals surface area contributed by atoms with Crippen molar-refractivity contribution in [3.8, 4) is 5.75 Å². The molecule has 0 spiro atoms. The second-order valence-electron chi connectivity index (χ2n) is 4.63. The van der Waals surface area contributed by atoms with Crippen LogP contribution in [0.1, 0.15) is 24.0 Å². The molecule has 1 aromatic rings. The highest BCUT2D eigenvalue weighted by Crippen LogP contribution is 2.30. The van der Waals surface area contributed by atoms with Gasteiger partial charge in [0, 0.05) is 5.56 Å². The van der Waals surface area contributed by atoms with Crippen molar-refractivity contribution in [2.24, 2.45) is 0 Å². The van der Waals surface area contributed by atoms with Crippen molar-refractivity contribution in [2.75, 3.05) is 0 Å². The third kappa shape index (κ3) is 2.32. The fourth-order valence-corrected chi connectivity index (χ4v) is 2.29. The summed E-state index contributed by atoms with van der Waals surface area (Å²) in [6, 6.07) is 5.84. The summed E-state index contributed by atoms with van der Waals surface area (Å²) < 4.78 is 5.41. The number of rotatable bonds is 2. The number of hydrogen-bond acceptors (Lipinski definition) is 2. The summed E-state index contributed by atoms with van der Waals surface area (Å²) in [5, 5.41) is 8.93. The van der Waals surface area contributed by atoms with E-state index in [2.05, 4.69) is 18.2 Å². The fraction of sp³-hybridized carbons (Fsp3) is 0.188. The minimum absolute atomic E-state index is 0.624. The molecule has 1 aromatic carbocycles. The summed E-state index contributed by atoms with van der Waals surface area (Å²) in [5.41, 5.74) is 3.27. The van der Waals surface area contributed by atoms with Crippen LogP contribution in [0, 0.1) is 0 Å². The highest BCUT2D eigenvalue weighted by atomic mass is 16.5. The number of carboxylic acids is 1. The largest absolute Gasteiger partial charge is 0.478 e.